The fourth-order valence-corrected chi connectivity index (χ4v) is 2.75. The molecule has 0 fully saturated rings. The van der Waals surface area contributed by atoms with E-state index in [-0.39, 0.29) is 11.9 Å². The first kappa shape index (κ1) is 14.6. The molecule has 0 aliphatic carbocycles. The molecule has 7 heteroatoms. The van der Waals surface area contributed by atoms with Gasteiger partial charge < -0.3 is 15.2 Å². The fourth-order valence-electron chi connectivity index (χ4n) is 2.52. The van der Waals surface area contributed by atoms with E-state index in [9.17, 15) is 4.79 Å². The molecule has 114 valence electrons. The van der Waals surface area contributed by atoms with Crippen molar-refractivity contribution in [1.82, 2.24) is 19.9 Å². The molecule has 0 radical (unpaired) electrons. The SMILES string of the molecule is C=CC(=O)N1CC(Nc2ncnc3[nH]cc(Cl)c23)=CC[C@@H]1C. The number of fused-ring (bicyclic) bond motifs is 1. The van der Waals surface area contributed by atoms with Crippen molar-refractivity contribution >= 4 is 34.4 Å². The van der Waals surface area contributed by atoms with E-state index in [0.29, 0.717) is 23.0 Å². The number of hydrogen-bond donors (Lipinski definition) is 2. The zero-order valence-electron chi connectivity index (χ0n) is 12.1. The number of aromatic amines is 1. The fraction of sp³-hybridized carbons (Fsp3) is 0.267. The number of carbonyl (C=O) groups is 1. The predicted octanol–water partition coefficient (Wildman–Crippen LogP) is 2.71. The number of nitrogens with zero attached hydrogens (tertiary/aromatic N) is 3. The van der Waals surface area contributed by atoms with Crippen molar-refractivity contribution in [2.24, 2.45) is 0 Å². The molecule has 6 nitrogen and oxygen atoms in total. The Bertz CT molecular complexity index is 766. The molecule has 0 unspecified atom stereocenters. The highest BCUT2D eigenvalue weighted by Gasteiger charge is 2.23. The molecule has 22 heavy (non-hydrogen) atoms. The zero-order valence-corrected chi connectivity index (χ0v) is 12.9. The molecule has 3 heterocycles. The number of nitrogens with one attached hydrogen (secondary N) is 2. The summed E-state index contributed by atoms with van der Waals surface area (Å²) >= 11 is 6.17. The van der Waals surface area contributed by atoms with Crippen LogP contribution in [0.3, 0.4) is 0 Å². The highest BCUT2D eigenvalue weighted by molar-refractivity contribution is 6.36. The maximum Gasteiger partial charge on any atom is 0.246 e. The smallest absolute Gasteiger partial charge is 0.246 e. The van der Waals surface area contributed by atoms with Crippen LogP contribution in [0.2, 0.25) is 5.02 Å². The second-order valence-electron chi connectivity index (χ2n) is 5.19. The van der Waals surface area contributed by atoms with Gasteiger partial charge in [-0.2, -0.15) is 0 Å². The summed E-state index contributed by atoms with van der Waals surface area (Å²) in [5.41, 5.74) is 1.58. The quantitative estimate of drug-likeness (QED) is 0.854. The summed E-state index contributed by atoms with van der Waals surface area (Å²) in [6.45, 7) is 6.05. The van der Waals surface area contributed by atoms with Crippen LogP contribution >= 0.6 is 11.6 Å². The zero-order chi connectivity index (χ0) is 15.7. The van der Waals surface area contributed by atoms with Crippen LogP contribution in [0.1, 0.15) is 13.3 Å². The lowest BCUT2D eigenvalue weighted by molar-refractivity contribution is -0.127. The minimum absolute atomic E-state index is 0.0765. The monoisotopic (exact) mass is 317 g/mol. The molecule has 2 aromatic heterocycles. The molecular weight excluding hydrogens is 302 g/mol. The van der Waals surface area contributed by atoms with Gasteiger partial charge >= 0.3 is 0 Å². The Morgan fingerprint density at radius 3 is 3.18 bits per heavy atom. The van der Waals surface area contributed by atoms with Crippen LogP contribution in [0, 0.1) is 0 Å². The topological polar surface area (TPSA) is 73.9 Å². The molecule has 0 bridgehead atoms. The predicted molar refractivity (Wildman–Crippen MR) is 86.6 cm³/mol. The van der Waals surface area contributed by atoms with Crippen molar-refractivity contribution in [3.05, 3.63) is 42.0 Å². The van der Waals surface area contributed by atoms with Crippen molar-refractivity contribution in [1.29, 1.82) is 0 Å². The minimum atomic E-state index is -0.0765. The highest BCUT2D eigenvalue weighted by Crippen LogP contribution is 2.28. The van der Waals surface area contributed by atoms with Crippen LogP contribution in [0.25, 0.3) is 11.0 Å². The van der Waals surface area contributed by atoms with Crippen molar-refractivity contribution < 1.29 is 4.79 Å². The van der Waals surface area contributed by atoms with E-state index in [0.717, 1.165) is 17.5 Å². The van der Waals surface area contributed by atoms with Gasteiger partial charge in [-0.1, -0.05) is 24.3 Å². The van der Waals surface area contributed by atoms with E-state index in [1.165, 1.54) is 12.4 Å². The standard InChI is InChI=1S/C15H16ClN5O/c1-3-12(22)21-7-10(5-4-9(21)2)20-15-13-11(16)6-17-14(13)18-8-19-15/h3,5-6,8-9H,1,4,7H2,2H3,(H2,17,18,19,20)/t9-/m0/s1. The second-order valence-corrected chi connectivity index (χ2v) is 5.60. The summed E-state index contributed by atoms with van der Waals surface area (Å²) in [5.74, 6) is 0.551. The highest BCUT2D eigenvalue weighted by atomic mass is 35.5. The summed E-state index contributed by atoms with van der Waals surface area (Å²) in [6, 6.07) is 0.150. The lowest BCUT2D eigenvalue weighted by Gasteiger charge is -2.32. The lowest BCUT2D eigenvalue weighted by Crippen LogP contribution is -2.42. The van der Waals surface area contributed by atoms with Gasteiger partial charge in [0, 0.05) is 17.9 Å². The number of halogens is 1. The van der Waals surface area contributed by atoms with Gasteiger partial charge in [-0.25, -0.2) is 9.97 Å². The van der Waals surface area contributed by atoms with E-state index < -0.39 is 0 Å². The number of carbonyl (C=O) groups excluding carboxylic acids is 1. The molecule has 1 aliphatic heterocycles. The Balaban J connectivity index is 1.87. The van der Waals surface area contributed by atoms with Gasteiger partial charge in [0.15, 0.2) is 0 Å². The Hall–Kier alpha value is -2.34. The number of H-pyrrole nitrogens is 1. The van der Waals surface area contributed by atoms with Crippen LogP contribution in [0.15, 0.2) is 37.0 Å². The Morgan fingerprint density at radius 1 is 1.59 bits per heavy atom. The number of rotatable bonds is 3. The van der Waals surface area contributed by atoms with Gasteiger partial charge in [-0.15, -0.1) is 0 Å². The summed E-state index contributed by atoms with van der Waals surface area (Å²) in [7, 11) is 0. The van der Waals surface area contributed by atoms with E-state index in [4.69, 9.17) is 11.6 Å². The van der Waals surface area contributed by atoms with E-state index in [1.807, 2.05) is 6.92 Å². The molecule has 0 spiro atoms. The van der Waals surface area contributed by atoms with Crippen LogP contribution in [-0.4, -0.2) is 38.3 Å². The van der Waals surface area contributed by atoms with E-state index >= 15 is 0 Å². The second kappa shape index (κ2) is 5.81. The molecule has 0 saturated heterocycles. The molecule has 0 saturated carbocycles. The summed E-state index contributed by atoms with van der Waals surface area (Å²) < 4.78 is 0. The Labute approximate surface area is 132 Å². The van der Waals surface area contributed by atoms with Crippen LogP contribution in [0.5, 0.6) is 0 Å². The van der Waals surface area contributed by atoms with Crippen molar-refractivity contribution in [2.75, 3.05) is 11.9 Å². The summed E-state index contributed by atoms with van der Waals surface area (Å²) in [5, 5.41) is 4.56. The third-order valence-corrected chi connectivity index (χ3v) is 4.03. The van der Waals surface area contributed by atoms with Crippen LogP contribution in [-0.2, 0) is 4.79 Å². The van der Waals surface area contributed by atoms with E-state index in [1.54, 1.807) is 11.1 Å². The van der Waals surface area contributed by atoms with Gasteiger partial charge in [-0.3, -0.25) is 4.79 Å². The molecule has 3 rings (SSSR count). The number of anilines is 1. The Morgan fingerprint density at radius 2 is 2.41 bits per heavy atom. The molecular formula is C15H16ClN5O. The summed E-state index contributed by atoms with van der Waals surface area (Å²) in [4.78, 5) is 25.0. The lowest BCUT2D eigenvalue weighted by atomic mass is 10.1. The maximum atomic E-state index is 11.9. The summed E-state index contributed by atoms with van der Waals surface area (Å²) in [6.07, 6.45) is 7.33. The van der Waals surface area contributed by atoms with Crippen molar-refractivity contribution in [2.45, 2.75) is 19.4 Å². The molecule has 1 atom stereocenters. The molecule has 1 amide bonds. The van der Waals surface area contributed by atoms with Crippen LogP contribution < -0.4 is 5.32 Å². The third kappa shape index (κ3) is 2.57. The largest absolute Gasteiger partial charge is 0.344 e. The normalized spacial score (nSPS) is 18.2. The average Bonchev–Trinajstić information content (AvgIpc) is 2.91. The number of aromatic nitrogens is 3. The molecule has 0 aromatic carbocycles. The van der Waals surface area contributed by atoms with E-state index in [2.05, 4.69) is 32.9 Å². The van der Waals surface area contributed by atoms with Crippen molar-refractivity contribution in [3.63, 3.8) is 0 Å². The molecule has 2 aromatic rings. The molecule has 1 aliphatic rings. The first-order chi connectivity index (χ1) is 10.6. The Kier molecular flexibility index (Phi) is 3.85. The number of amides is 1. The van der Waals surface area contributed by atoms with Gasteiger partial charge in [0.2, 0.25) is 5.91 Å². The average molecular weight is 318 g/mol. The van der Waals surface area contributed by atoms with Crippen molar-refractivity contribution in [3.8, 4) is 0 Å². The first-order valence-corrected chi connectivity index (χ1v) is 7.34. The molecule has 2 N–H and O–H groups in total. The minimum Gasteiger partial charge on any atom is -0.344 e. The third-order valence-electron chi connectivity index (χ3n) is 3.74. The van der Waals surface area contributed by atoms with Gasteiger partial charge in [-0.05, 0) is 19.4 Å². The first-order valence-electron chi connectivity index (χ1n) is 6.97. The van der Waals surface area contributed by atoms with Gasteiger partial charge in [0.1, 0.15) is 17.8 Å². The van der Waals surface area contributed by atoms with Crippen LogP contribution in [0.4, 0.5) is 5.82 Å². The van der Waals surface area contributed by atoms with Gasteiger partial charge in [0.25, 0.3) is 0 Å². The maximum absolute atomic E-state index is 11.9. The number of hydrogen-bond acceptors (Lipinski definition) is 4. The van der Waals surface area contributed by atoms with Gasteiger partial charge in [0.05, 0.1) is 17.0 Å².